The Morgan fingerprint density at radius 1 is 0.690 bits per heavy atom. The molecule has 4 atom stereocenters. The van der Waals surface area contributed by atoms with Gasteiger partial charge in [-0.25, -0.2) is 4.79 Å². The van der Waals surface area contributed by atoms with Crippen LogP contribution in [0, 0.1) is 10.7 Å². The first-order valence-electron chi connectivity index (χ1n) is 12.7. The third kappa shape index (κ3) is 11.3. The van der Waals surface area contributed by atoms with Crippen molar-refractivity contribution in [1.29, 1.82) is 0 Å². The minimum Gasteiger partial charge on any atom is -0.449 e. The van der Waals surface area contributed by atoms with Gasteiger partial charge < -0.3 is 55.4 Å². The summed E-state index contributed by atoms with van der Waals surface area (Å²) in [5.41, 5.74) is -0.252. The molecule has 0 fully saturated rings. The van der Waals surface area contributed by atoms with Crippen LogP contribution < -0.4 is 5.32 Å². The maximum absolute atomic E-state index is 13.9. The normalized spacial score (nSPS) is 14.1. The summed E-state index contributed by atoms with van der Waals surface area (Å²) in [5.74, 6) is -1.65. The van der Waals surface area contributed by atoms with Crippen molar-refractivity contribution in [2.24, 2.45) is 0 Å². The molecule has 0 aliphatic heterocycles. The highest BCUT2D eigenvalue weighted by Crippen LogP contribution is 2.37. The second-order valence-corrected chi connectivity index (χ2v) is 12.3. The van der Waals surface area contributed by atoms with Gasteiger partial charge in [0.25, 0.3) is 11.8 Å². The number of hydrogen-bond donors (Lipinski definition) is 9. The molecule has 0 heterocycles. The average molecular weight is 939 g/mol. The zero-order valence-electron chi connectivity index (χ0n) is 22.6. The van der Waals surface area contributed by atoms with Gasteiger partial charge in [0, 0.05) is 29.7 Å². The Kier molecular flexibility index (Phi) is 18.4. The van der Waals surface area contributed by atoms with Gasteiger partial charge in [0.1, 0.15) is 0 Å². The molecule has 1 aromatic carbocycles. The first-order chi connectivity index (χ1) is 19.8. The Bertz CT molecular complexity index is 976. The van der Waals surface area contributed by atoms with E-state index in [1.165, 1.54) is 0 Å². The van der Waals surface area contributed by atoms with E-state index in [0.717, 1.165) is 9.80 Å². The summed E-state index contributed by atoms with van der Waals surface area (Å²) in [5, 5.41) is 80.2. The molecule has 240 valence electrons. The first kappa shape index (κ1) is 39.3. The fraction of sp³-hybridized carbons (Fsp3) is 0.625. The minimum absolute atomic E-state index is 0.0140. The number of benzene rings is 1. The van der Waals surface area contributed by atoms with Crippen LogP contribution in [0.1, 0.15) is 34.1 Å². The summed E-state index contributed by atoms with van der Waals surface area (Å²) in [7, 11) is 0. The number of rotatable bonds is 17. The molecular weight excluding hydrogens is 903 g/mol. The molecule has 42 heavy (non-hydrogen) atoms. The minimum atomic E-state index is -1.41. The van der Waals surface area contributed by atoms with Gasteiger partial charge in [-0.2, -0.15) is 0 Å². The maximum Gasteiger partial charge on any atom is 0.411 e. The molecule has 0 saturated heterocycles. The number of anilines is 1. The van der Waals surface area contributed by atoms with Gasteiger partial charge >= 0.3 is 6.09 Å². The van der Waals surface area contributed by atoms with Gasteiger partial charge in [0.2, 0.25) is 0 Å². The summed E-state index contributed by atoms with van der Waals surface area (Å²) < 4.78 is 5.50. The first-order valence-corrected chi connectivity index (χ1v) is 15.9. The molecule has 0 bridgehead atoms. The zero-order valence-corrected chi connectivity index (χ0v) is 29.1. The van der Waals surface area contributed by atoms with Gasteiger partial charge in [-0.15, -0.1) is 0 Å². The van der Waals surface area contributed by atoms with Gasteiger partial charge in [-0.05, 0) is 74.2 Å². The Labute approximate surface area is 283 Å². The topological polar surface area (TPSA) is 241 Å². The van der Waals surface area contributed by atoms with E-state index in [9.17, 15) is 55.2 Å². The molecule has 3 amide bonds. The number of amides is 3. The number of halogens is 3. The molecule has 0 saturated carbocycles. The SMILES string of the molecule is CCCOC(=O)Nc1c(I)c(C(=O)N(CC(O)CO)CC(O)CO)c(I)c(C(=O)N(CC(O)CO)CC(O)CO)c1I. The number of nitrogens with zero attached hydrogens (tertiary/aromatic N) is 2. The van der Waals surface area contributed by atoms with Crippen LogP contribution in [0.25, 0.3) is 0 Å². The summed E-state index contributed by atoms with van der Waals surface area (Å²) in [6.07, 6.45) is -5.98. The number of aliphatic hydroxyl groups excluding tert-OH is 8. The summed E-state index contributed by atoms with van der Waals surface area (Å²) in [4.78, 5) is 42.3. The van der Waals surface area contributed by atoms with Crippen LogP contribution in [-0.4, -0.2) is 152 Å². The van der Waals surface area contributed by atoms with Crippen molar-refractivity contribution in [3.63, 3.8) is 0 Å². The third-order valence-electron chi connectivity index (χ3n) is 5.55. The van der Waals surface area contributed by atoms with E-state index in [1.807, 2.05) is 0 Å². The molecule has 4 unspecified atom stereocenters. The zero-order chi connectivity index (χ0) is 32.1. The largest absolute Gasteiger partial charge is 0.449 e. The Hall–Kier alpha value is -0.700. The smallest absolute Gasteiger partial charge is 0.411 e. The lowest BCUT2D eigenvalue weighted by Crippen LogP contribution is -2.46. The van der Waals surface area contributed by atoms with E-state index >= 15 is 0 Å². The van der Waals surface area contributed by atoms with E-state index in [2.05, 4.69) is 5.32 Å². The second kappa shape index (κ2) is 19.6. The predicted molar refractivity (Wildman–Crippen MR) is 174 cm³/mol. The summed E-state index contributed by atoms with van der Waals surface area (Å²) in [6, 6.07) is 0. The fourth-order valence-corrected chi connectivity index (χ4v) is 7.89. The number of hydrogen-bond acceptors (Lipinski definition) is 12. The van der Waals surface area contributed by atoms with Crippen LogP contribution in [0.3, 0.4) is 0 Å². The van der Waals surface area contributed by atoms with E-state index < -0.39 is 94.9 Å². The summed E-state index contributed by atoms with van der Waals surface area (Å²) >= 11 is 5.31. The van der Waals surface area contributed by atoms with Crippen LogP contribution in [0.2, 0.25) is 0 Å². The van der Waals surface area contributed by atoms with Crippen LogP contribution in [0.15, 0.2) is 0 Å². The molecular formula is C24H36I3N3O12. The molecule has 0 aliphatic rings. The molecule has 0 aliphatic carbocycles. The molecule has 18 heteroatoms. The van der Waals surface area contributed by atoms with E-state index in [1.54, 1.807) is 74.7 Å². The van der Waals surface area contributed by atoms with Crippen LogP contribution in [0.5, 0.6) is 0 Å². The van der Waals surface area contributed by atoms with Crippen LogP contribution >= 0.6 is 67.8 Å². The molecule has 1 aromatic rings. The Balaban J connectivity index is 3.93. The van der Waals surface area contributed by atoms with Crippen molar-refractivity contribution in [2.75, 3.05) is 64.5 Å². The Morgan fingerprint density at radius 2 is 1.02 bits per heavy atom. The Morgan fingerprint density at radius 3 is 1.31 bits per heavy atom. The maximum atomic E-state index is 13.9. The number of carbonyl (C=O) groups excluding carboxylic acids is 3. The monoisotopic (exact) mass is 939 g/mol. The molecule has 1 rings (SSSR count). The number of aliphatic hydroxyl groups is 8. The van der Waals surface area contributed by atoms with E-state index in [4.69, 9.17) is 4.74 Å². The van der Waals surface area contributed by atoms with Crippen LogP contribution in [-0.2, 0) is 4.74 Å². The van der Waals surface area contributed by atoms with Gasteiger partial charge in [-0.1, -0.05) is 6.92 Å². The van der Waals surface area contributed by atoms with Crippen molar-refractivity contribution in [3.8, 4) is 0 Å². The highest BCUT2D eigenvalue weighted by molar-refractivity contribution is 14.1. The molecule has 15 nitrogen and oxygen atoms in total. The van der Waals surface area contributed by atoms with Crippen molar-refractivity contribution >= 4 is 91.4 Å². The van der Waals surface area contributed by atoms with Gasteiger partial charge in [-0.3, -0.25) is 14.9 Å². The average Bonchev–Trinajstić information content (AvgIpc) is 2.96. The van der Waals surface area contributed by atoms with E-state index in [-0.39, 0.29) is 34.1 Å². The standard InChI is InChI=1S/C24H36I3N3O12/c1-2-3-42-24(41)28-21-19(26)16(22(39)29(4-12(35)8-31)5-13(36)9-32)18(25)17(20(21)27)23(40)30(6-14(37)10-33)7-15(38)11-34/h12-15,31-38H,2-11H2,1H3,(H,28,41). The van der Waals surface area contributed by atoms with Gasteiger partial charge in [0.05, 0.1) is 81.4 Å². The number of ether oxygens (including phenoxy) is 1. The van der Waals surface area contributed by atoms with Crippen molar-refractivity contribution < 1.29 is 60.0 Å². The lowest BCUT2D eigenvalue weighted by Gasteiger charge is -2.30. The van der Waals surface area contributed by atoms with E-state index in [0.29, 0.717) is 6.42 Å². The molecule has 0 radical (unpaired) electrons. The fourth-order valence-electron chi connectivity index (χ4n) is 3.53. The van der Waals surface area contributed by atoms with Crippen molar-refractivity contribution in [2.45, 2.75) is 37.8 Å². The highest BCUT2D eigenvalue weighted by Gasteiger charge is 2.34. The third-order valence-corrected chi connectivity index (χ3v) is 8.79. The lowest BCUT2D eigenvalue weighted by atomic mass is 10.1. The predicted octanol–water partition coefficient (Wildman–Crippen LogP) is -1.24. The highest BCUT2D eigenvalue weighted by atomic mass is 127. The lowest BCUT2D eigenvalue weighted by molar-refractivity contribution is 0.0204. The van der Waals surface area contributed by atoms with Crippen molar-refractivity contribution in [1.82, 2.24) is 9.80 Å². The number of carbonyl (C=O) groups is 3. The van der Waals surface area contributed by atoms with Gasteiger partial charge in [0.15, 0.2) is 0 Å². The molecule has 0 spiro atoms. The molecule has 0 aromatic heterocycles. The van der Waals surface area contributed by atoms with Crippen molar-refractivity contribution in [3.05, 3.63) is 21.8 Å². The second-order valence-electron chi connectivity index (χ2n) is 9.09. The molecule has 9 N–H and O–H groups in total. The number of nitrogens with one attached hydrogen (secondary N) is 1. The quantitative estimate of drug-likeness (QED) is 0.0835. The summed E-state index contributed by atoms with van der Waals surface area (Å²) in [6.45, 7) is -2.79. The van der Waals surface area contributed by atoms with Crippen LogP contribution in [0.4, 0.5) is 10.5 Å².